The molecular formula is C15H26N2OS. The van der Waals surface area contributed by atoms with Gasteiger partial charge in [0.1, 0.15) is 5.76 Å². The zero-order valence-corrected chi connectivity index (χ0v) is 13.3. The molecule has 19 heavy (non-hydrogen) atoms. The Hall–Kier alpha value is -0.450. The number of hydrogen-bond donors (Lipinski definition) is 1. The number of thioether (sulfide) groups is 1. The number of rotatable bonds is 5. The average Bonchev–Trinajstić information content (AvgIpc) is 2.72. The maximum absolute atomic E-state index is 5.62. The lowest BCUT2D eigenvalue weighted by Crippen LogP contribution is -2.39. The smallest absolute Gasteiger partial charge is 0.122 e. The van der Waals surface area contributed by atoms with E-state index in [-0.39, 0.29) is 0 Å². The van der Waals surface area contributed by atoms with Crippen molar-refractivity contribution in [2.45, 2.75) is 57.3 Å². The van der Waals surface area contributed by atoms with Crippen molar-refractivity contribution in [1.82, 2.24) is 10.2 Å². The Kier molecular flexibility index (Phi) is 5.37. The van der Waals surface area contributed by atoms with Crippen molar-refractivity contribution in [2.75, 3.05) is 13.1 Å². The van der Waals surface area contributed by atoms with E-state index in [0.29, 0.717) is 6.04 Å². The van der Waals surface area contributed by atoms with Crippen LogP contribution in [0.2, 0.25) is 0 Å². The van der Waals surface area contributed by atoms with Gasteiger partial charge in [0, 0.05) is 41.7 Å². The normalized spacial score (nSPS) is 25.1. The van der Waals surface area contributed by atoms with Gasteiger partial charge in [0.2, 0.25) is 0 Å². The SMILES string of the molecule is CC(C)NCc1occc1CN1CC(C)SC(C)C1. The van der Waals surface area contributed by atoms with Crippen molar-refractivity contribution >= 4 is 11.8 Å². The van der Waals surface area contributed by atoms with E-state index < -0.39 is 0 Å². The second-order valence-electron chi connectivity index (χ2n) is 5.86. The van der Waals surface area contributed by atoms with Crippen molar-refractivity contribution in [3.05, 3.63) is 23.7 Å². The molecule has 1 aromatic rings. The molecule has 0 aromatic carbocycles. The Balaban J connectivity index is 1.93. The van der Waals surface area contributed by atoms with E-state index in [1.54, 1.807) is 0 Å². The summed E-state index contributed by atoms with van der Waals surface area (Å²) in [5, 5.41) is 4.89. The minimum Gasteiger partial charge on any atom is -0.468 e. The summed E-state index contributed by atoms with van der Waals surface area (Å²) in [6.07, 6.45) is 1.82. The lowest BCUT2D eigenvalue weighted by molar-refractivity contribution is 0.260. The fraction of sp³-hybridized carbons (Fsp3) is 0.733. The van der Waals surface area contributed by atoms with Gasteiger partial charge >= 0.3 is 0 Å². The first-order valence-corrected chi connectivity index (χ1v) is 8.15. The van der Waals surface area contributed by atoms with Crippen LogP contribution in [-0.2, 0) is 13.1 Å². The first-order valence-electron chi connectivity index (χ1n) is 7.21. The number of nitrogens with one attached hydrogen (secondary N) is 1. The van der Waals surface area contributed by atoms with Crippen molar-refractivity contribution in [2.24, 2.45) is 0 Å². The molecule has 0 spiro atoms. The van der Waals surface area contributed by atoms with E-state index in [1.165, 1.54) is 18.7 Å². The molecule has 1 fully saturated rings. The summed E-state index contributed by atoms with van der Waals surface area (Å²) in [7, 11) is 0. The van der Waals surface area contributed by atoms with E-state index in [0.717, 1.165) is 29.3 Å². The molecule has 1 aliphatic heterocycles. The summed E-state index contributed by atoms with van der Waals surface area (Å²) >= 11 is 2.10. The van der Waals surface area contributed by atoms with Crippen LogP contribution in [0.1, 0.15) is 39.0 Å². The highest BCUT2D eigenvalue weighted by atomic mass is 32.2. The number of nitrogens with zero attached hydrogens (tertiary/aromatic N) is 1. The highest BCUT2D eigenvalue weighted by molar-refractivity contribution is 8.00. The predicted molar refractivity (Wildman–Crippen MR) is 82.5 cm³/mol. The van der Waals surface area contributed by atoms with Crippen molar-refractivity contribution < 1.29 is 4.42 Å². The van der Waals surface area contributed by atoms with Gasteiger partial charge < -0.3 is 9.73 Å². The fourth-order valence-corrected chi connectivity index (χ4v) is 4.00. The van der Waals surface area contributed by atoms with Crippen LogP contribution >= 0.6 is 11.8 Å². The largest absolute Gasteiger partial charge is 0.468 e. The Morgan fingerprint density at radius 3 is 2.68 bits per heavy atom. The van der Waals surface area contributed by atoms with Gasteiger partial charge in [-0.05, 0) is 6.07 Å². The molecule has 1 saturated heterocycles. The summed E-state index contributed by atoms with van der Waals surface area (Å²) in [6, 6.07) is 2.61. The third-order valence-electron chi connectivity index (χ3n) is 3.40. The minimum absolute atomic E-state index is 0.490. The fourth-order valence-electron chi connectivity index (χ4n) is 2.61. The highest BCUT2D eigenvalue weighted by Gasteiger charge is 2.23. The number of furan rings is 1. The van der Waals surface area contributed by atoms with Crippen molar-refractivity contribution in [3.63, 3.8) is 0 Å². The zero-order chi connectivity index (χ0) is 13.8. The lowest BCUT2D eigenvalue weighted by Gasteiger charge is -2.34. The van der Waals surface area contributed by atoms with E-state index in [4.69, 9.17) is 4.42 Å². The van der Waals surface area contributed by atoms with Gasteiger partial charge in [-0.25, -0.2) is 0 Å². The van der Waals surface area contributed by atoms with Crippen LogP contribution in [0, 0.1) is 0 Å². The molecule has 108 valence electrons. The molecule has 4 heteroatoms. The number of hydrogen-bond acceptors (Lipinski definition) is 4. The minimum atomic E-state index is 0.490. The standard InChI is InChI=1S/C15H26N2OS/c1-11(2)16-7-15-14(5-6-18-15)10-17-8-12(3)19-13(4)9-17/h5-6,11-13,16H,7-10H2,1-4H3. The quantitative estimate of drug-likeness (QED) is 0.898. The molecular weight excluding hydrogens is 256 g/mol. The maximum Gasteiger partial charge on any atom is 0.122 e. The van der Waals surface area contributed by atoms with Crippen LogP contribution in [-0.4, -0.2) is 34.5 Å². The molecule has 2 rings (SSSR count). The van der Waals surface area contributed by atoms with Crippen LogP contribution in [0.5, 0.6) is 0 Å². The summed E-state index contributed by atoms with van der Waals surface area (Å²) in [5.41, 5.74) is 1.33. The maximum atomic E-state index is 5.62. The first kappa shape index (κ1) is 14.9. The summed E-state index contributed by atoms with van der Waals surface area (Å²) in [4.78, 5) is 2.55. The third kappa shape index (κ3) is 4.55. The predicted octanol–water partition coefficient (Wildman–Crippen LogP) is 3.10. The second kappa shape index (κ2) is 6.82. The molecule has 2 unspecified atom stereocenters. The zero-order valence-electron chi connectivity index (χ0n) is 12.5. The molecule has 1 N–H and O–H groups in total. The molecule has 0 aliphatic carbocycles. The molecule has 0 saturated carbocycles. The van der Waals surface area contributed by atoms with Gasteiger partial charge in [-0.15, -0.1) is 0 Å². The topological polar surface area (TPSA) is 28.4 Å². The summed E-state index contributed by atoms with van der Waals surface area (Å²) in [6.45, 7) is 13.2. The Morgan fingerprint density at radius 2 is 2.05 bits per heavy atom. The van der Waals surface area contributed by atoms with Gasteiger partial charge in [0.15, 0.2) is 0 Å². The van der Waals surface area contributed by atoms with Crippen LogP contribution < -0.4 is 5.32 Å². The monoisotopic (exact) mass is 282 g/mol. The van der Waals surface area contributed by atoms with Gasteiger partial charge in [-0.1, -0.05) is 27.7 Å². The second-order valence-corrected chi connectivity index (χ2v) is 7.74. The van der Waals surface area contributed by atoms with Crippen molar-refractivity contribution in [3.8, 4) is 0 Å². The van der Waals surface area contributed by atoms with E-state index in [1.807, 2.05) is 6.26 Å². The van der Waals surface area contributed by atoms with Gasteiger partial charge in [0.25, 0.3) is 0 Å². The molecule has 1 aliphatic rings. The van der Waals surface area contributed by atoms with E-state index in [9.17, 15) is 0 Å². The van der Waals surface area contributed by atoms with E-state index in [2.05, 4.69) is 55.7 Å². The van der Waals surface area contributed by atoms with Crippen LogP contribution in [0.4, 0.5) is 0 Å². The Bertz CT molecular complexity index is 381. The lowest BCUT2D eigenvalue weighted by atomic mass is 10.2. The molecule has 1 aromatic heterocycles. The molecule has 2 atom stereocenters. The summed E-state index contributed by atoms with van der Waals surface area (Å²) in [5.74, 6) is 1.09. The average molecular weight is 282 g/mol. The molecule has 0 radical (unpaired) electrons. The Morgan fingerprint density at radius 1 is 1.37 bits per heavy atom. The van der Waals surface area contributed by atoms with Crippen LogP contribution in [0.15, 0.2) is 16.7 Å². The highest BCUT2D eigenvalue weighted by Crippen LogP contribution is 2.26. The van der Waals surface area contributed by atoms with Gasteiger partial charge in [-0.2, -0.15) is 11.8 Å². The first-order chi connectivity index (χ1) is 9.04. The van der Waals surface area contributed by atoms with Crippen LogP contribution in [0.3, 0.4) is 0 Å². The Labute approximate surface area is 121 Å². The molecule has 3 nitrogen and oxygen atoms in total. The van der Waals surface area contributed by atoms with Gasteiger partial charge in [0.05, 0.1) is 12.8 Å². The summed E-state index contributed by atoms with van der Waals surface area (Å²) < 4.78 is 5.62. The third-order valence-corrected chi connectivity index (χ3v) is 4.63. The molecule has 0 bridgehead atoms. The molecule has 0 amide bonds. The molecule has 2 heterocycles. The van der Waals surface area contributed by atoms with Crippen LogP contribution in [0.25, 0.3) is 0 Å². The van der Waals surface area contributed by atoms with E-state index >= 15 is 0 Å². The van der Waals surface area contributed by atoms with Gasteiger partial charge in [-0.3, -0.25) is 4.90 Å². The van der Waals surface area contributed by atoms with Crippen molar-refractivity contribution in [1.29, 1.82) is 0 Å².